The van der Waals surface area contributed by atoms with Crippen LogP contribution in [0.25, 0.3) is 10.9 Å². The van der Waals surface area contributed by atoms with Crippen LogP contribution in [0.4, 0.5) is 5.69 Å². The maximum absolute atomic E-state index is 12.8. The number of nitrogens with one attached hydrogen (secondary N) is 1. The molecule has 3 aromatic carbocycles. The van der Waals surface area contributed by atoms with Gasteiger partial charge in [-0.25, -0.2) is 0 Å². The van der Waals surface area contributed by atoms with Gasteiger partial charge in [0.05, 0.1) is 6.61 Å². The first-order valence-electron chi connectivity index (χ1n) is 12.6. The molecule has 2 heterocycles. The first-order valence-corrected chi connectivity index (χ1v) is 12.6. The van der Waals surface area contributed by atoms with Crippen molar-refractivity contribution >= 4 is 28.8 Å². The predicted molar refractivity (Wildman–Crippen MR) is 147 cm³/mol. The first kappa shape index (κ1) is 23.9. The topological polar surface area (TPSA) is 57.7 Å². The number of H-pyrrole nitrogens is 1. The van der Waals surface area contributed by atoms with Gasteiger partial charge in [0.25, 0.3) is 0 Å². The van der Waals surface area contributed by atoms with Crippen LogP contribution < -0.4 is 4.90 Å². The van der Waals surface area contributed by atoms with E-state index in [1.54, 1.807) is 6.21 Å². The summed E-state index contributed by atoms with van der Waals surface area (Å²) in [5, 5.41) is 1.14. The molecule has 4 aromatic rings. The number of fused-ring (bicyclic) bond motifs is 3. The lowest BCUT2D eigenvalue weighted by Gasteiger charge is -2.26. The molecule has 0 radical (unpaired) electrons. The molecule has 5 nitrogen and oxygen atoms in total. The maximum Gasteiger partial charge on any atom is 0.320 e. The maximum atomic E-state index is 12.8. The van der Waals surface area contributed by atoms with Crippen LogP contribution >= 0.6 is 0 Å². The summed E-state index contributed by atoms with van der Waals surface area (Å²) in [6.07, 6.45) is 1.75. The molecule has 36 heavy (non-hydrogen) atoms. The molecule has 0 saturated carbocycles. The van der Waals surface area contributed by atoms with Crippen LogP contribution in [0, 0.1) is 0 Å². The number of aromatic amines is 1. The Balaban J connectivity index is 1.58. The smallest absolute Gasteiger partial charge is 0.320 e. The predicted octanol–water partition coefficient (Wildman–Crippen LogP) is 6.38. The molecule has 1 atom stereocenters. The van der Waals surface area contributed by atoms with Crippen molar-refractivity contribution in [2.75, 3.05) is 18.1 Å². The fourth-order valence-corrected chi connectivity index (χ4v) is 5.16. The third kappa shape index (κ3) is 4.78. The van der Waals surface area contributed by atoms with Crippen molar-refractivity contribution in [2.24, 2.45) is 4.99 Å². The number of benzene rings is 3. The molecule has 5 heteroatoms. The van der Waals surface area contributed by atoms with Crippen molar-refractivity contribution in [3.05, 3.63) is 101 Å². The third-order valence-electron chi connectivity index (χ3n) is 6.88. The van der Waals surface area contributed by atoms with Crippen LogP contribution in [0.3, 0.4) is 0 Å². The second-order valence-corrected chi connectivity index (χ2v) is 10.1. The number of hydrogen-bond acceptors (Lipinski definition) is 4. The molecule has 184 valence electrons. The van der Waals surface area contributed by atoms with Gasteiger partial charge >= 0.3 is 5.97 Å². The van der Waals surface area contributed by atoms with Gasteiger partial charge in [0.1, 0.15) is 5.92 Å². The Morgan fingerprint density at radius 1 is 1.00 bits per heavy atom. The molecule has 1 aliphatic heterocycles. The van der Waals surface area contributed by atoms with Gasteiger partial charge in [0, 0.05) is 53.5 Å². The quantitative estimate of drug-likeness (QED) is 0.313. The number of esters is 1. The molecule has 1 unspecified atom stereocenters. The van der Waals surface area contributed by atoms with Gasteiger partial charge in [-0.15, -0.1) is 0 Å². The zero-order valence-corrected chi connectivity index (χ0v) is 21.2. The highest BCUT2D eigenvalue weighted by molar-refractivity contribution is 6.00. The number of carbonyl (C=O) groups excluding carboxylic acids is 1. The molecule has 0 aliphatic carbocycles. The van der Waals surface area contributed by atoms with Gasteiger partial charge in [-0.2, -0.15) is 0 Å². The Labute approximate surface area is 212 Å². The van der Waals surface area contributed by atoms with E-state index in [4.69, 9.17) is 4.74 Å². The Bertz CT molecular complexity index is 1330. The van der Waals surface area contributed by atoms with Crippen LogP contribution in [0.2, 0.25) is 0 Å². The van der Waals surface area contributed by atoms with Crippen molar-refractivity contribution in [2.45, 2.75) is 45.2 Å². The van der Waals surface area contributed by atoms with Crippen LogP contribution in [-0.2, 0) is 28.0 Å². The van der Waals surface area contributed by atoms with Crippen LogP contribution in [0.15, 0.2) is 83.9 Å². The molecule has 0 bridgehead atoms. The lowest BCUT2D eigenvalue weighted by atomic mass is 9.81. The SMILES string of the molecule is CCOC(=O)C1C=NCC(C)(C)c2c1[nH]c1cc(N(Cc3ccccc3)Cc3ccccc3)ccc21. The molecule has 0 amide bonds. The summed E-state index contributed by atoms with van der Waals surface area (Å²) in [6, 6.07) is 27.7. The fraction of sp³-hybridized carbons (Fsp3) is 0.290. The van der Waals surface area contributed by atoms with Crippen LogP contribution in [0.5, 0.6) is 0 Å². The molecule has 1 N–H and O–H groups in total. The van der Waals surface area contributed by atoms with Crippen LogP contribution in [0.1, 0.15) is 49.1 Å². The van der Waals surface area contributed by atoms with Gasteiger partial charge in [0.15, 0.2) is 0 Å². The number of hydrogen-bond donors (Lipinski definition) is 1. The summed E-state index contributed by atoms with van der Waals surface area (Å²) < 4.78 is 5.39. The Morgan fingerprint density at radius 2 is 1.64 bits per heavy atom. The molecule has 0 spiro atoms. The van der Waals surface area contributed by atoms with Crippen molar-refractivity contribution < 1.29 is 9.53 Å². The Morgan fingerprint density at radius 3 is 2.25 bits per heavy atom. The molecule has 1 aliphatic rings. The molecular weight excluding hydrogens is 446 g/mol. The van der Waals surface area contributed by atoms with E-state index in [0.717, 1.165) is 40.9 Å². The van der Waals surface area contributed by atoms with Crippen LogP contribution in [-0.4, -0.2) is 30.3 Å². The first-order chi connectivity index (χ1) is 17.5. The van der Waals surface area contributed by atoms with E-state index >= 15 is 0 Å². The number of nitrogens with zero attached hydrogens (tertiary/aromatic N) is 2. The third-order valence-corrected chi connectivity index (χ3v) is 6.88. The van der Waals surface area contributed by atoms with E-state index < -0.39 is 5.92 Å². The van der Waals surface area contributed by atoms with Crippen molar-refractivity contribution in [3.8, 4) is 0 Å². The summed E-state index contributed by atoms with van der Waals surface area (Å²) in [5.41, 5.74) is 6.51. The van der Waals surface area contributed by atoms with E-state index in [-0.39, 0.29) is 11.4 Å². The summed E-state index contributed by atoms with van der Waals surface area (Å²) in [4.78, 5) is 23.4. The van der Waals surface area contributed by atoms with Crippen molar-refractivity contribution in [1.82, 2.24) is 4.98 Å². The average Bonchev–Trinajstić information content (AvgIpc) is 3.21. The monoisotopic (exact) mass is 479 g/mol. The highest BCUT2D eigenvalue weighted by Crippen LogP contribution is 2.40. The normalized spacial score (nSPS) is 16.4. The number of aliphatic imine (C=N–C) groups is 1. The summed E-state index contributed by atoms with van der Waals surface area (Å²) in [5.74, 6) is -0.788. The number of rotatable bonds is 7. The fourth-order valence-electron chi connectivity index (χ4n) is 5.16. The molecular formula is C31H33N3O2. The number of anilines is 1. The van der Waals surface area contributed by atoms with Crippen molar-refractivity contribution in [1.29, 1.82) is 0 Å². The minimum absolute atomic E-state index is 0.208. The molecule has 0 fully saturated rings. The van der Waals surface area contributed by atoms with Gasteiger partial charge in [-0.05, 0) is 35.7 Å². The largest absolute Gasteiger partial charge is 0.465 e. The number of carbonyl (C=O) groups is 1. The van der Waals surface area contributed by atoms with Crippen molar-refractivity contribution in [3.63, 3.8) is 0 Å². The minimum Gasteiger partial charge on any atom is -0.465 e. The molecule has 5 rings (SSSR count). The summed E-state index contributed by atoms with van der Waals surface area (Å²) >= 11 is 0. The van der Waals surface area contributed by atoms with E-state index in [9.17, 15) is 4.79 Å². The number of aromatic nitrogens is 1. The molecule has 0 saturated heterocycles. The Hall–Kier alpha value is -3.86. The average molecular weight is 480 g/mol. The van der Waals surface area contributed by atoms with Gasteiger partial charge in [-0.3, -0.25) is 9.79 Å². The van der Waals surface area contributed by atoms with E-state index in [2.05, 4.69) is 95.5 Å². The second-order valence-electron chi connectivity index (χ2n) is 10.1. The highest BCUT2D eigenvalue weighted by Gasteiger charge is 2.35. The van der Waals surface area contributed by atoms with E-state index in [0.29, 0.717) is 13.2 Å². The summed E-state index contributed by atoms with van der Waals surface area (Å²) in [6.45, 7) is 8.78. The molecule has 1 aromatic heterocycles. The van der Waals surface area contributed by atoms with E-state index in [1.807, 2.05) is 19.1 Å². The minimum atomic E-state index is -0.526. The number of ether oxygens (including phenoxy) is 1. The van der Waals surface area contributed by atoms with Gasteiger partial charge in [0.2, 0.25) is 0 Å². The summed E-state index contributed by atoms with van der Waals surface area (Å²) in [7, 11) is 0. The standard InChI is InChI=1S/C31H33N3O2/c1-4-36-30(35)26-18-32-21-31(2,3)28-25-16-15-24(17-27(25)33-29(26)28)34(19-22-11-7-5-8-12-22)20-23-13-9-6-10-14-23/h5-18,26,33H,4,19-21H2,1-3H3. The lowest BCUT2D eigenvalue weighted by Crippen LogP contribution is -2.23. The Kier molecular flexibility index (Phi) is 6.64. The van der Waals surface area contributed by atoms with Gasteiger partial charge < -0.3 is 14.6 Å². The highest BCUT2D eigenvalue weighted by atomic mass is 16.5. The lowest BCUT2D eigenvalue weighted by molar-refractivity contribution is -0.143. The van der Waals surface area contributed by atoms with Gasteiger partial charge in [-0.1, -0.05) is 80.6 Å². The zero-order chi connectivity index (χ0) is 25.1. The zero-order valence-electron chi connectivity index (χ0n) is 21.2. The second kappa shape index (κ2) is 10.0. The van der Waals surface area contributed by atoms with E-state index in [1.165, 1.54) is 11.1 Å².